The van der Waals surface area contributed by atoms with Crippen molar-refractivity contribution in [1.29, 1.82) is 0 Å². The SMILES string of the molecule is c1ccc(-c2cccc3c2oc2cccc(N(c4ccc(-c5ccc6oc7ccccc7c6c5)cc4)c4ccc(-c5cccc6ccccc56)cc4)c23)cc1. The summed E-state index contributed by atoms with van der Waals surface area (Å²) >= 11 is 0. The summed E-state index contributed by atoms with van der Waals surface area (Å²) in [4.78, 5) is 2.36. The zero-order chi connectivity index (χ0) is 36.3. The molecule has 0 N–H and O–H groups in total. The second-order valence-electron chi connectivity index (χ2n) is 14.1. The van der Waals surface area contributed by atoms with Crippen LogP contribution in [0.1, 0.15) is 0 Å². The van der Waals surface area contributed by atoms with E-state index in [0.717, 1.165) is 83.2 Å². The number of benzene rings is 9. The lowest BCUT2D eigenvalue weighted by molar-refractivity contribution is 0.669. The van der Waals surface area contributed by atoms with Crippen molar-refractivity contribution in [3.63, 3.8) is 0 Å². The standard InChI is InChI=1S/C52H33NO2/c1-2-11-36(12-3-1)43-18-9-19-45-51-47(20-10-22-50(51)55-52(43)45)53(40-30-25-37(26-31-40)42-17-8-14-35-13-4-5-15-41(35)42)39-28-23-34(24-29-39)38-27-32-49-46(33-38)44-16-6-7-21-48(44)54-49/h1-33H. The highest BCUT2D eigenvalue weighted by Crippen LogP contribution is 2.45. The van der Waals surface area contributed by atoms with Gasteiger partial charge in [-0.1, -0.05) is 146 Å². The maximum absolute atomic E-state index is 6.72. The van der Waals surface area contributed by atoms with E-state index in [0.29, 0.717) is 0 Å². The van der Waals surface area contributed by atoms with Crippen LogP contribution in [0.25, 0.3) is 88.0 Å². The van der Waals surface area contributed by atoms with E-state index in [1.165, 1.54) is 21.9 Å². The lowest BCUT2D eigenvalue weighted by atomic mass is 9.97. The normalized spacial score (nSPS) is 11.6. The van der Waals surface area contributed by atoms with Crippen molar-refractivity contribution in [2.45, 2.75) is 0 Å². The smallest absolute Gasteiger partial charge is 0.143 e. The third-order valence-electron chi connectivity index (χ3n) is 10.9. The lowest BCUT2D eigenvalue weighted by Gasteiger charge is -2.26. The van der Waals surface area contributed by atoms with Crippen LogP contribution in [0, 0.1) is 0 Å². The first kappa shape index (κ1) is 31.2. The number of furan rings is 2. The van der Waals surface area contributed by atoms with Crippen molar-refractivity contribution in [3.05, 3.63) is 200 Å². The van der Waals surface area contributed by atoms with Crippen molar-refractivity contribution < 1.29 is 8.83 Å². The Hall–Kier alpha value is -7.36. The molecule has 0 fully saturated rings. The van der Waals surface area contributed by atoms with E-state index in [2.05, 4.69) is 187 Å². The van der Waals surface area contributed by atoms with Gasteiger partial charge < -0.3 is 13.7 Å². The molecule has 0 amide bonds. The summed E-state index contributed by atoms with van der Waals surface area (Å²) in [5.74, 6) is 0. The van der Waals surface area contributed by atoms with Crippen molar-refractivity contribution in [3.8, 4) is 33.4 Å². The minimum absolute atomic E-state index is 0.852. The van der Waals surface area contributed by atoms with Gasteiger partial charge in [0.05, 0.1) is 11.1 Å². The summed E-state index contributed by atoms with van der Waals surface area (Å²) < 4.78 is 12.8. The maximum Gasteiger partial charge on any atom is 0.143 e. The van der Waals surface area contributed by atoms with Crippen LogP contribution in [0.3, 0.4) is 0 Å². The van der Waals surface area contributed by atoms with E-state index < -0.39 is 0 Å². The fourth-order valence-electron chi connectivity index (χ4n) is 8.26. The molecule has 0 aliphatic heterocycles. The highest BCUT2D eigenvalue weighted by atomic mass is 16.3. The van der Waals surface area contributed by atoms with E-state index in [4.69, 9.17) is 8.83 Å². The zero-order valence-electron chi connectivity index (χ0n) is 29.8. The van der Waals surface area contributed by atoms with Gasteiger partial charge in [-0.3, -0.25) is 0 Å². The van der Waals surface area contributed by atoms with E-state index >= 15 is 0 Å². The van der Waals surface area contributed by atoms with Crippen LogP contribution in [0.15, 0.2) is 209 Å². The van der Waals surface area contributed by atoms with Gasteiger partial charge in [0, 0.05) is 33.1 Å². The van der Waals surface area contributed by atoms with Gasteiger partial charge >= 0.3 is 0 Å². The van der Waals surface area contributed by atoms with Crippen LogP contribution >= 0.6 is 0 Å². The molecule has 9 aromatic carbocycles. The first-order valence-electron chi connectivity index (χ1n) is 18.7. The molecule has 0 saturated heterocycles. The molecular weight excluding hydrogens is 671 g/mol. The Morgan fingerprint density at radius 2 is 0.909 bits per heavy atom. The highest BCUT2D eigenvalue weighted by Gasteiger charge is 2.21. The Morgan fingerprint density at radius 3 is 1.75 bits per heavy atom. The first-order chi connectivity index (χ1) is 27.3. The van der Waals surface area contributed by atoms with Gasteiger partial charge in [-0.2, -0.15) is 0 Å². The van der Waals surface area contributed by atoms with Crippen molar-refractivity contribution in [2.75, 3.05) is 4.90 Å². The number of fused-ring (bicyclic) bond motifs is 7. The average molecular weight is 704 g/mol. The van der Waals surface area contributed by atoms with Crippen molar-refractivity contribution in [2.24, 2.45) is 0 Å². The van der Waals surface area contributed by atoms with Crippen LogP contribution in [-0.2, 0) is 0 Å². The Morgan fingerprint density at radius 1 is 0.327 bits per heavy atom. The Kier molecular flexibility index (Phi) is 7.17. The molecule has 11 rings (SSSR count). The molecule has 0 aliphatic carbocycles. The largest absolute Gasteiger partial charge is 0.456 e. The van der Waals surface area contributed by atoms with Crippen molar-refractivity contribution in [1.82, 2.24) is 0 Å². The third kappa shape index (κ3) is 5.20. The molecule has 3 heteroatoms. The van der Waals surface area contributed by atoms with Gasteiger partial charge in [0.2, 0.25) is 0 Å². The predicted octanol–water partition coefficient (Wildman–Crippen LogP) is 15.1. The van der Waals surface area contributed by atoms with Crippen LogP contribution in [0.4, 0.5) is 17.1 Å². The minimum atomic E-state index is 0.852. The third-order valence-corrected chi connectivity index (χ3v) is 10.9. The number of anilines is 3. The van der Waals surface area contributed by atoms with Crippen LogP contribution in [-0.4, -0.2) is 0 Å². The molecule has 0 radical (unpaired) electrons. The lowest BCUT2D eigenvalue weighted by Crippen LogP contribution is -2.10. The Bertz CT molecular complexity index is 3180. The topological polar surface area (TPSA) is 29.5 Å². The van der Waals surface area contributed by atoms with Gasteiger partial charge in [0.15, 0.2) is 0 Å². The van der Waals surface area contributed by atoms with Gasteiger partial charge in [0.25, 0.3) is 0 Å². The summed E-state index contributed by atoms with van der Waals surface area (Å²) in [7, 11) is 0. The Labute approximate surface area is 317 Å². The van der Waals surface area contributed by atoms with E-state index in [1.54, 1.807) is 0 Å². The van der Waals surface area contributed by atoms with Crippen molar-refractivity contribution >= 4 is 71.7 Å². The molecule has 0 bridgehead atoms. The summed E-state index contributed by atoms with van der Waals surface area (Å²) in [5.41, 5.74) is 13.6. The van der Waals surface area contributed by atoms with E-state index in [9.17, 15) is 0 Å². The first-order valence-corrected chi connectivity index (χ1v) is 18.7. The quantitative estimate of drug-likeness (QED) is 0.173. The fraction of sp³-hybridized carbons (Fsp3) is 0. The second kappa shape index (κ2) is 12.6. The van der Waals surface area contributed by atoms with E-state index in [-0.39, 0.29) is 0 Å². The summed E-state index contributed by atoms with van der Waals surface area (Å²) in [6.07, 6.45) is 0. The van der Waals surface area contributed by atoms with Gasteiger partial charge in [-0.15, -0.1) is 0 Å². The summed E-state index contributed by atoms with van der Waals surface area (Å²) in [6.45, 7) is 0. The Balaban J connectivity index is 1.07. The average Bonchev–Trinajstić information content (AvgIpc) is 3.83. The van der Waals surface area contributed by atoms with Crippen LogP contribution in [0.2, 0.25) is 0 Å². The molecule has 0 aliphatic rings. The molecule has 0 saturated carbocycles. The predicted molar refractivity (Wildman–Crippen MR) is 229 cm³/mol. The van der Waals surface area contributed by atoms with Gasteiger partial charge in [0.1, 0.15) is 22.3 Å². The molecule has 11 aromatic rings. The number of hydrogen-bond acceptors (Lipinski definition) is 3. The maximum atomic E-state index is 6.72. The zero-order valence-corrected chi connectivity index (χ0v) is 29.8. The van der Waals surface area contributed by atoms with Crippen LogP contribution in [0.5, 0.6) is 0 Å². The molecule has 258 valence electrons. The van der Waals surface area contributed by atoms with Crippen LogP contribution < -0.4 is 4.90 Å². The molecule has 3 nitrogen and oxygen atoms in total. The summed E-state index contributed by atoms with van der Waals surface area (Å²) in [6, 6.07) is 71.0. The molecule has 0 atom stereocenters. The monoisotopic (exact) mass is 703 g/mol. The van der Waals surface area contributed by atoms with Gasteiger partial charge in [-0.25, -0.2) is 0 Å². The minimum Gasteiger partial charge on any atom is -0.456 e. The molecule has 0 unspecified atom stereocenters. The second-order valence-corrected chi connectivity index (χ2v) is 14.1. The molecule has 2 aromatic heterocycles. The fourth-order valence-corrected chi connectivity index (χ4v) is 8.26. The number of para-hydroxylation sites is 2. The number of hydrogen-bond donors (Lipinski definition) is 0. The molecule has 0 spiro atoms. The van der Waals surface area contributed by atoms with Gasteiger partial charge in [-0.05, 0) is 93.2 Å². The number of nitrogens with zero attached hydrogens (tertiary/aromatic N) is 1. The number of rotatable bonds is 6. The summed E-state index contributed by atoms with van der Waals surface area (Å²) in [5, 5.41) is 6.90. The molecule has 2 heterocycles. The molecule has 55 heavy (non-hydrogen) atoms. The van der Waals surface area contributed by atoms with E-state index in [1.807, 2.05) is 18.2 Å². The molecular formula is C52H33NO2. The highest BCUT2D eigenvalue weighted by molar-refractivity contribution is 6.16.